The van der Waals surface area contributed by atoms with Crippen LogP contribution < -0.4 is 9.47 Å². The van der Waals surface area contributed by atoms with Crippen molar-refractivity contribution in [2.75, 3.05) is 13.2 Å². The highest BCUT2D eigenvalue weighted by Gasteiger charge is 2.37. The van der Waals surface area contributed by atoms with E-state index >= 15 is 0 Å². The minimum Gasteiger partial charge on any atom is -0.493 e. The first kappa shape index (κ1) is 28.7. The molecule has 7 heteroatoms. The molecular weight excluding hydrogens is 516 g/mol. The highest BCUT2D eigenvalue weighted by atomic mass is 16.5. The standard InChI is InChI=1S/C34H38N2O5/c1-23-25(12-8-13-27(23)24-10-4-2-5-11-24)22-41-32-19-33(40-17-7-3-6-16-35)30(28-14-9-15-29(28)32)21-36-20-26(37)18-31(36)34(38)39/h2,4-5,8,10-13,19,26,31,37H,3,6-7,9,14-15,17-18,20-22H2,1H3,(H,38,39)/t26-,31+/m1/s1. The first-order valence-electron chi connectivity index (χ1n) is 14.5. The van der Waals surface area contributed by atoms with E-state index in [1.54, 1.807) is 0 Å². The highest BCUT2D eigenvalue weighted by molar-refractivity contribution is 5.74. The molecule has 0 spiro atoms. The molecule has 3 aromatic rings. The molecule has 7 nitrogen and oxygen atoms in total. The number of ether oxygens (including phenoxy) is 2. The van der Waals surface area contributed by atoms with Gasteiger partial charge in [0, 0.05) is 37.6 Å². The number of aliphatic carboxylic acids is 1. The van der Waals surface area contributed by atoms with E-state index in [1.807, 2.05) is 29.2 Å². The predicted octanol–water partition coefficient (Wildman–Crippen LogP) is 5.82. The second kappa shape index (κ2) is 13.2. The van der Waals surface area contributed by atoms with Gasteiger partial charge in [-0.15, -0.1) is 0 Å². The molecule has 5 rings (SSSR count). The number of carboxylic acids is 1. The third kappa shape index (κ3) is 6.56. The van der Waals surface area contributed by atoms with Crippen LogP contribution in [0.5, 0.6) is 11.5 Å². The van der Waals surface area contributed by atoms with E-state index in [0.29, 0.717) is 38.5 Å². The molecule has 1 aliphatic carbocycles. The zero-order valence-electron chi connectivity index (χ0n) is 23.6. The van der Waals surface area contributed by atoms with Gasteiger partial charge in [0.25, 0.3) is 0 Å². The molecule has 0 amide bonds. The fraction of sp³-hybridized carbons (Fsp3) is 0.412. The van der Waals surface area contributed by atoms with Gasteiger partial charge in [-0.1, -0.05) is 48.5 Å². The van der Waals surface area contributed by atoms with Crippen LogP contribution in [0.3, 0.4) is 0 Å². The molecule has 1 fully saturated rings. The lowest BCUT2D eigenvalue weighted by Crippen LogP contribution is -2.35. The van der Waals surface area contributed by atoms with E-state index in [0.717, 1.165) is 49.0 Å². The highest BCUT2D eigenvalue weighted by Crippen LogP contribution is 2.41. The molecule has 1 heterocycles. The van der Waals surface area contributed by atoms with Crippen molar-refractivity contribution in [2.24, 2.45) is 0 Å². The molecule has 1 saturated heterocycles. The Morgan fingerprint density at radius 2 is 1.85 bits per heavy atom. The number of aliphatic hydroxyl groups excluding tert-OH is 1. The second-order valence-electron chi connectivity index (χ2n) is 11.0. The zero-order chi connectivity index (χ0) is 28.8. The van der Waals surface area contributed by atoms with Crippen LogP contribution in [0.25, 0.3) is 11.1 Å². The number of nitrogens with zero attached hydrogens (tertiary/aromatic N) is 2. The van der Waals surface area contributed by atoms with Gasteiger partial charge >= 0.3 is 5.97 Å². The SMILES string of the molecule is Cc1c(COc2cc(OCCCCC#N)c(CN3C[C@H](O)C[C@H]3C(=O)O)c3c2CCC3)cccc1-c1ccccc1. The summed E-state index contributed by atoms with van der Waals surface area (Å²) in [6.45, 7) is 3.76. The van der Waals surface area contributed by atoms with Crippen LogP contribution in [0.2, 0.25) is 0 Å². The van der Waals surface area contributed by atoms with Crippen LogP contribution in [0.4, 0.5) is 0 Å². The number of hydrogen-bond donors (Lipinski definition) is 2. The molecule has 0 unspecified atom stereocenters. The third-order valence-corrected chi connectivity index (χ3v) is 8.32. The Morgan fingerprint density at radius 3 is 2.63 bits per heavy atom. The summed E-state index contributed by atoms with van der Waals surface area (Å²) in [4.78, 5) is 13.8. The molecular formula is C34H38N2O5. The van der Waals surface area contributed by atoms with Crippen molar-refractivity contribution in [3.05, 3.63) is 82.4 Å². The van der Waals surface area contributed by atoms with E-state index < -0.39 is 18.1 Å². The molecule has 0 radical (unpaired) electrons. The third-order valence-electron chi connectivity index (χ3n) is 8.32. The van der Waals surface area contributed by atoms with Crippen molar-refractivity contribution in [3.63, 3.8) is 0 Å². The van der Waals surface area contributed by atoms with Gasteiger partial charge in [0.1, 0.15) is 24.1 Å². The second-order valence-corrected chi connectivity index (χ2v) is 11.0. The van der Waals surface area contributed by atoms with Crippen molar-refractivity contribution in [2.45, 2.75) is 77.2 Å². The van der Waals surface area contributed by atoms with E-state index in [4.69, 9.17) is 14.7 Å². The number of likely N-dealkylation sites (tertiary alicyclic amines) is 1. The quantitative estimate of drug-likeness (QED) is 0.272. The van der Waals surface area contributed by atoms with Crippen LogP contribution in [0.1, 0.15) is 59.9 Å². The monoisotopic (exact) mass is 554 g/mol. The van der Waals surface area contributed by atoms with Gasteiger partial charge in [0.2, 0.25) is 0 Å². The van der Waals surface area contributed by atoms with Crippen LogP contribution in [-0.4, -0.2) is 46.4 Å². The fourth-order valence-electron chi connectivity index (χ4n) is 6.15. The van der Waals surface area contributed by atoms with E-state index in [-0.39, 0.29) is 6.42 Å². The predicted molar refractivity (Wildman–Crippen MR) is 157 cm³/mol. The van der Waals surface area contributed by atoms with E-state index in [2.05, 4.69) is 43.3 Å². The number of rotatable bonds is 12. The maximum absolute atomic E-state index is 11.9. The summed E-state index contributed by atoms with van der Waals surface area (Å²) in [7, 11) is 0. The Balaban J connectivity index is 1.43. The van der Waals surface area contributed by atoms with Crippen LogP contribution >= 0.6 is 0 Å². The van der Waals surface area contributed by atoms with Gasteiger partial charge in [0.05, 0.1) is 18.8 Å². The van der Waals surface area contributed by atoms with E-state index in [9.17, 15) is 15.0 Å². The number of aliphatic hydroxyl groups is 1. The van der Waals surface area contributed by atoms with Crippen molar-refractivity contribution < 1.29 is 24.5 Å². The first-order valence-corrected chi connectivity index (χ1v) is 14.5. The van der Waals surface area contributed by atoms with Crippen LogP contribution in [0, 0.1) is 18.3 Å². The molecule has 0 aromatic heterocycles. The smallest absolute Gasteiger partial charge is 0.321 e. The molecule has 0 bridgehead atoms. The number of unbranched alkanes of at least 4 members (excludes halogenated alkanes) is 2. The first-order chi connectivity index (χ1) is 20.0. The maximum atomic E-state index is 11.9. The molecule has 2 N–H and O–H groups in total. The Hall–Kier alpha value is -3.86. The maximum Gasteiger partial charge on any atom is 0.321 e. The molecule has 2 atom stereocenters. The average molecular weight is 555 g/mol. The largest absolute Gasteiger partial charge is 0.493 e. The van der Waals surface area contributed by atoms with Crippen LogP contribution in [-0.2, 0) is 30.8 Å². The van der Waals surface area contributed by atoms with Gasteiger partial charge in [0.15, 0.2) is 0 Å². The van der Waals surface area contributed by atoms with E-state index in [1.165, 1.54) is 27.8 Å². The number of benzene rings is 3. The van der Waals surface area contributed by atoms with Gasteiger partial charge in [-0.25, -0.2) is 0 Å². The summed E-state index contributed by atoms with van der Waals surface area (Å²) in [6.07, 6.45) is 4.35. The number of carboxylic acid groups (broad SMARTS) is 1. The van der Waals surface area contributed by atoms with Gasteiger partial charge in [-0.2, -0.15) is 5.26 Å². The lowest BCUT2D eigenvalue weighted by molar-refractivity contribution is -0.142. The van der Waals surface area contributed by atoms with Crippen molar-refractivity contribution >= 4 is 5.97 Å². The van der Waals surface area contributed by atoms with Gasteiger partial charge in [-0.3, -0.25) is 9.69 Å². The lowest BCUT2D eigenvalue weighted by atomic mass is 9.97. The molecule has 3 aromatic carbocycles. The summed E-state index contributed by atoms with van der Waals surface area (Å²) in [6, 6.07) is 20.1. The Kier molecular flexibility index (Phi) is 9.23. The topological polar surface area (TPSA) is 103 Å². The lowest BCUT2D eigenvalue weighted by Gasteiger charge is -2.25. The molecule has 1 aliphatic heterocycles. The Labute approximate surface area is 242 Å². The normalized spacial score (nSPS) is 18.2. The Bertz CT molecular complexity index is 1410. The van der Waals surface area contributed by atoms with Gasteiger partial charge in [-0.05, 0) is 72.4 Å². The molecule has 214 valence electrons. The summed E-state index contributed by atoms with van der Waals surface area (Å²) in [5.41, 5.74) is 8.01. The zero-order valence-corrected chi connectivity index (χ0v) is 23.6. The number of fused-ring (bicyclic) bond motifs is 1. The minimum absolute atomic E-state index is 0.227. The number of β-amino-alcohol motifs (C(OH)–C–C–N with tert-alkyl or cyclic N) is 1. The molecule has 0 saturated carbocycles. The van der Waals surface area contributed by atoms with Crippen LogP contribution in [0.15, 0.2) is 54.6 Å². The summed E-state index contributed by atoms with van der Waals surface area (Å²) in [5, 5.41) is 28.9. The Morgan fingerprint density at radius 1 is 1.05 bits per heavy atom. The minimum atomic E-state index is -0.912. The average Bonchev–Trinajstić information content (AvgIpc) is 3.61. The summed E-state index contributed by atoms with van der Waals surface area (Å²) < 4.78 is 12.8. The number of nitriles is 1. The van der Waals surface area contributed by atoms with Crippen molar-refractivity contribution in [3.8, 4) is 28.7 Å². The van der Waals surface area contributed by atoms with Crippen molar-refractivity contribution in [1.29, 1.82) is 5.26 Å². The molecule has 2 aliphatic rings. The fourth-order valence-corrected chi connectivity index (χ4v) is 6.15. The van der Waals surface area contributed by atoms with Gasteiger partial charge < -0.3 is 19.7 Å². The van der Waals surface area contributed by atoms with Crippen molar-refractivity contribution in [1.82, 2.24) is 4.90 Å². The number of carbonyl (C=O) groups is 1. The summed E-state index contributed by atoms with van der Waals surface area (Å²) in [5.74, 6) is 0.608. The summed E-state index contributed by atoms with van der Waals surface area (Å²) >= 11 is 0. The number of hydrogen-bond acceptors (Lipinski definition) is 6. The molecule has 41 heavy (non-hydrogen) atoms.